The number of hydrogen-bond acceptors (Lipinski definition) is 1. The fourth-order valence-corrected chi connectivity index (χ4v) is 8.73. The van der Waals surface area contributed by atoms with Gasteiger partial charge >= 0.3 is 0 Å². The molecular formula is C48H40N2. The summed E-state index contributed by atoms with van der Waals surface area (Å²) in [6, 6.07) is 44.5. The van der Waals surface area contributed by atoms with E-state index in [0.717, 1.165) is 17.8 Å². The summed E-state index contributed by atoms with van der Waals surface area (Å²) in [5.74, 6) is 1.32. The molecule has 1 unspecified atom stereocenters. The van der Waals surface area contributed by atoms with Crippen LogP contribution in [-0.2, 0) is 5.54 Å². The molecular weight excluding hydrogens is 605 g/mol. The van der Waals surface area contributed by atoms with Gasteiger partial charge in [0.15, 0.2) is 0 Å². The van der Waals surface area contributed by atoms with E-state index in [1.54, 1.807) is 0 Å². The lowest BCUT2D eigenvalue weighted by Crippen LogP contribution is -2.38. The van der Waals surface area contributed by atoms with Crippen molar-refractivity contribution in [2.24, 2.45) is 5.92 Å². The third kappa shape index (κ3) is 4.59. The smallest absolute Gasteiger partial charge is 0.142 e. The van der Waals surface area contributed by atoms with E-state index in [-0.39, 0.29) is 11.5 Å². The Labute approximate surface area is 294 Å². The van der Waals surface area contributed by atoms with Gasteiger partial charge in [0.25, 0.3) is 0 Å². The molecule has 0 N–H and O–H groups in total. The van der Waals surface area contributed by atoms with Crippen LogP contribution < -0.4 is 10.4 Å². The summed E-state index contributed by atoms with van der Waals surface area (Å²) in [6.45, 7) is 8.86. The highest BCUT2D eigenvalue weighted by Gasteiger charge is 2.37. The van der Waals surface area contributed by atoms with E-state index in [2.05, 4.69) is 184 Å². The van der Waals surface area contributed by atoms with Crippen molar-refractivity contribution in [2.45, 2.75) is 39.7 Å². The van der Waals surface area contributed by atoms with Crippen LogP contribution in [0.4, 0.5) is 0 Å². The van der Waals surface area contributed by atoms with Crippen molar-refractivity contribution in [3.63, 3.8) is 0 Å². The van der Waals surface area contributed by atoms with Gasteiger partial charge in [-0.25, -0.2) is 4.98 Å². The average molecular weight is 645 g/mol. The van der Waals surface area contributed by atoms with E-state index in [1.807, 2.05) is 0 Å². The highest BCUT2D eigenvalue weighted by molar-refractivity contribution is 5.92. The first-order valence-electron chi connectivity index (χ1n) is 17.8. The van der Waals surface area contributed by atoms with Crippen molar-refractivity contribution in [2.75, 3.05) is 0 Å². The first-order chi connectivity index (χ1) is 24.5. The largest absolute Gasteiger partial charge is 0.314 e. The predicted molar refractivity (Wildman–Crippen MR) is 210 cm³/mol. The summed E-state index contributed by atoms with van der Waals surface area (Å²) in [5, 5.41) is 2.65. The van der Waals surface area contributed by atoms with Crippen molar-refractivity contribution in [1.82, 2.24) is 9.55 Å². The van der Waals surface area contributed by atoms with Gasteiger partial charge in [0.05, 0.1) is 16.6 Å². The molecule has 0 fully saturated rings. The molecule has 9 rings (SSSR count). The fourth-order valence-electron chi connectivity index (χ4n) is 8.73. The lowest BCUT2D eigenvalue weighted by Gasteiger charge is -2.33. The van der Waals surface area contributed by atoms with Gasteiger partial charge in [0, 0.05) is 11.5 Å². The summed E-state index contributed by atoms with van der Waals surface area (Å²) in [5.41, 5.74) is 16.5. The standard InChI is InChI=1S/C48H40N2/c1-5-14-31(6-2)45-37-17-10-11-18-38(37)46(34-15-8-7-9-16-34)39-27-25-35(29-41(39)45)32-21-23-33(24-22-32)36-26-28-44-43(30-36)49-47-40-19-12-13-20-42(40)48(3,4)50(44)47/h5-28,30,41H,29H2,1-4H3/b14-5-,31-6+. The lowest BCUT2D eigenvalue weighted by atomic mass is 9.70. The van der Waals surface area contributed by atoms with E-state index in [9.17, 15) is 0 Å². The van der Waals surface area contributed by atoms with Gasteiger partial charge in [-0.1, -0.05) is 140 Å². The van der Waals surface area contributed by atoms with Crippen LogP contribution in [0.3, 0.4) is 0 Å². The van der Waals surface area contributed by atoms with Crippen LogP contribution >= 0.6 is 0 Å². The van der Waals surface area contributed by atoms with E-state index < -0.39 is 0 Å². The van der Waals surface area contributed by atoms with Crippen LogP contribution in [0.25, 0.3) is 50.3 Å². The fraction of sp³-hybridized carbons (Fsp3) is 0.146. The predicted octanol–water partition coefficient (Wildman–Crippen LogP) is 10.4. The Hall–Kier alpha value is -5.73. The van der Waals surface area contributed by atoms with E-state index in [4.69, 9.17) is 4.98 Å². The van der Waals surface area contributed by atoms with Gasteiger partial charge < -0.3 is 4.57 Å². The molecule has 2 heteroatoms. The minimum absolute atomic E-state index is 0.135. The number of nitrogens with zero attached hydrogens (tertiary/aromatic N) is 2. The van der Waals surface area contributed by atoms with Crippen molar-refractivity contribution in [3.8, 4) is 22.5 Å². The quantitative estimate of drug-likeness (QED) is 0.171. The first-order valence-corrected chi connectivity index (χ1v) is 17.8. The maximum Gasteiger partial charge on any atom is 0.142 e. The van der Waals surface area contributed by atoms with Crippen LogP contribution in [-0.4, -0.2) is 9.55 Å². The molecule has 1 atom stereocenters. The maximum absolute atomic E-state index is 5.16. The van der Waals surface area contributed by atoms with Gasteiger partial charge in [0.2, 0.25) is 0 Å². The monoisotopic (exact) mass is 644 g/mol. The van der Waals surface area contributed by atoms with E-state index >= 15 is 0 Å². The van der Waals surface area contributed by atoms with Gasteiger partial charge in [-0.2, -0.15) is 0 Å². The Bertz CT molecular complexity index is 2580. The second kappa shape index (κ2) is 11.7. The minimum Gasteiger partial charge on any atom is -0.314 e. The number of aromatic nitrogens is 2. The molecule has 242 valence electrons. The molecule has 2 aliphatic carbocycles. The van der Waals surface area contributed by atoms with Gasteiger partial charge in [-0.15, -0.1) is 0 Å². The molecule has 0 bridgehead atoms. The van der Waals surface area contributed by atoms with Gasteiger partial charge in [-0.3, -0.25) is 0 Å². The zero-order valence-electron chi connectivity index (χ0n) is 29.1. The second-order valence-corrected chi connectivity index (χ2v) is 14.2. The summed E-state index contributed by atoms with van der Waals surface area (Å²) in [7, 11) is 0. The number of imidazole rings is 1. The number of allylic oxidation sites excluding steroid dienone is 8. The normalized spacial score (nSPS) is 17.7. The number of hydrogen-bond donors (Lipinski definition) is 0. The Morgan fingerprint density at radius 2 is 1.42 bits per heavy atom. The van der Waals surface area contributed by atoms with Gasteiger partial charge in [-0.05, 0) is 112 Å². The Morgan fingerprint density at radius 3 is 2.20 bits per heavy atom. The SMILES string of the molecule is C/C=C\C(=C/C)C1=c2ccccc2=C(c2ccccc2)C2=CC=C(c3ccc(-c4ccc5c(c4)nc4n5C(C)(C)c5ccccc5-4)cc3)CC21. The third-order valence-corrected chi connectivity index (χ3v) is 11.0. The topological polar surface area (TPSA) is 17.8 Å². The summed E-state index contributed by atoms with van der Waals surface area (Å²) >= 11 is 0. The van der Waals surface area contributed by atoms with Crippen molar-refractivity contribution in [3.05, 3.63) is 190 Å². The summed E-state index contributed by atoms with van der Waals surface area (Å²) < 4.78 is 2.40. The average Bonchev–Trinajstić information content (AvgIpc) is 3.66. The van der Waals surface area contributed by atoms with Crippen molar-refractivity contribution >= 4 is 27.8 Å². The lowest BCUT2D eigenvalue weighted by molar-refractivity contribution is 0.474. The molecule has 2 nitrogen and oxygen atoms in total. The van der Waals surface area contributed by atoms with Crippen LogP contribution in [0.15, 0.2) is 163 Å². The van der Waals surface area contributed by atoms with Crippen LogP contribution in [0, 0.1) is 5.92 Å². The molecule has 1 aromatic heterocycles. The summed E-state index contributed by atoms with van der Waals surface area (Å²) in [4.78, 5) is 5.16. The minimum atomic E-state index is -0.135. The highest BCUT2D eigenvalue weighted by atomic mass is 15.2. The van der Waals surface area contributed by atoms with Gasteiger partial charge in [0.1, 0.15) is 5.82 Å². The molecule has 6 aromatic rings. The first kappa shape index (κ1) is 30.3. The number of fused-ring (bicyclic) bond motifs is 7. The molecule has 0 amide bonds. The van der Waals surface area contributed by atoms with Crippen molar-refractivity contribution in [1.29, 1.82) is 0 Å². The maximum atomic E-state index is 5.16. The Morgan fingerprint density at radius 1 is 0.720 bits per heavy atom. The molecule has 50 heavy (non-hydrogen) atoms. The van der Waals surface area contributed by atoms with E-state index in [0.29, 0.717) is 0 Å². The third-order valence-electron chi connectivity index (χ3n) is 11.0. The van der Waals surface area contributed by atoms with Crippen LogP contribution in [0.5, 0.6) is 0 Å². The molecule has 2 heterocycles. The molecule has 0 saturated carbocycles. The number of rotatable bonds is 5. The molecule has 0 saturated heterocycles. The summed E-state index contributed by atoms with van der Waals surface area (Å²) in [6.07, 6.45) is 12.4. The van der Waals surface area contributed by atoms with Crippen LogP contribution in [0.2, 0.25) is 0 Å². The van der Waals surface area contributed by atoms with Crippen LogP contribution in [0.1, 0.15) is 50.8 Å². The molecule has 0 radical (unpaired) electrons. The van der Waals surface area contributed by atoms with E-state index in [1.165, 1.54) is 77.2 Å². The second-order valence-electron chi connectivity index (χ2n) is 14.2. The molecule has 5 aromatic carbocycles. The Balaban J connectivity index is 1.10. The molecule has 1 aliphatic heterocycles. The zero-order chi connectivity index (χ0) is 34.0. The zero-order valence-corrected chi connectivity index (χ0v) is 29.1. The highest BCUT2D eigenvalue weighted by Crippen LogP contribution is 2.47. The molecule has 0 spiro atoms. The van der Waals surface area contributed by atoms with Crippen molar-refractivity contribution < 1.29 is 0 Å². The number of benzene rings is 5. The molecule has 3 aliphatic rings. The Kier molecular flexibility index (Phi) is 7.10.